The number of benzene rings is 2. The van der Waals surface area contributed by atoms with E-state index in [9.17, 15) is 4.79 Å². The van der Waals surface area contributed by atoms with Gasteiger partial charge in [0.1, 0.15) is 0 Å². The molecule has 1 heterocycles. The van der Waals surface area contributed by atoms with Crippen LogP contribution in [0.1, 0.15) is 5.56 Å². The molecular formula is C21H27N3O3. The van der Waals surface area contributed by atoms with Gasteiger partial charge in [0.05, 0.1) is 7.11 Å². The summed E-state index contributed by atoms with van der Waals surface area (Å²) in [7, 11) is 3.73. The van der Waals surface area contributed by atoms with E-state index in [-0.39, 0.29) is 12.5 Å². The Hall–Kier alpha value is -2.73. The van der Waals surface area contributed by atoms with Gasteiger partial charge in [-0.25, -0.2) is 0 Å². The molecule has 1 fully saturated rings. The Labute approximate surface area is 160 Å². The topological polar surface area (TPSA) is 54.0 Å². The Morgan fingerprint density at radius 2 is 1.74 bits per heavy atom. The molecule has 0 atom stereocenters. The smallest absolute Gasteiger partial charge is 0.262 e. The lowest BCUT2D eigenvalue weighted by molar-refractivity contribution is -0.118. The maximum Gasteiger partial charge on any atom is 0.262 e. The number of piperazine rings is 1. The van der Waals surface area contributed by atoms with Crippen molar-refractivity contribution < 1.29 is 14.3 Å². The van der Waals surface area contributed by atoms with E-state index in [1.54, 1.807) is 7.11 Å². The van der Waals surface area contributed by atoms with Crippen LogP contribution in [0, 0.1) is 6.92 Å². The van der Waals surface area contributed by atoms with Crippen LogP contribution in [0.2, 0.25) is 0 Å². The lowest BCUT2D eigenvalue weighted by Crippen LogP contribution is -2.44. The first-order valence-corrected chi connectivity index (χ1v) is 9.16. The fourth-order valence-electron chi connectivity index (χ4n) is 3.05. The molecule has 0 aromatic heterocycles. The molecule has 144 valence electrons. The summed E-state index contributed by atoms with van der Waals surface area (Å²) in [6.45, 7) is 6.09. The molecule has 3 rings (SSSR count). The number of amides is 1. The number of rotatable bonds is 6. The second-order valence-electron chi connectivity index (χ2n) is 6.83. The lowest BCUT2D eigenvalue weighted by Gasteiger charge is -2.34. The highest BCUT2D eigenvalue weighted by atomic mass is 16.5. The molecule has 2 aromatic rings. The molecule has 1 aliphatic heterocycles. The van der Waals surface area contributed by atoms with E-state index in [4.69, 9.17) is 9.47 Å². The van der Waals surface area contributed by atoms with Crippen molar-refractivity contribution in [2.75, 3.05) is 57.2 Å². The molecular weight excluding hydrogens is 342 g/mol. The van der Waals surface area contributed by atoms with E-state index in [1.165, 1.54) is 5.69 Å². The number of nitrogens with zero attached hydrogens (tertiary/aromatic N) is 2. The van der Waals surface area contributed by atoms with Crippen molar-refractivity contribution in [2.24, 2.45) is 0 Å². The van der Waals surface area contributed by atoms with Gasteiger partial charge < -0.3 is 24.6 Å². The number of likely N-dealkylation sites (N-methyl/N-ethyl adjacent to an activating group) is 1. The molecule has 0 aliphatic carbocycles. The van der Waals surface area contributed by atoms with Gasteiger partial charge in [-0.3, -0.25) is 4.79 Å². The van der Waals surface area contributed by atoms with E-state index < -0.39 is 0 Å². The highest BCUT2D eigenvalue weighted by molar-refractivity contribution is 5.92. The second kappa shape index (κ2) is 8.77. The van der Waals surface area contributed by atoms with Crippen molar-refractivity contribution in [1.82, 2.24) is 4.90 Å². The lowest BCUT2D eigenvalue weighted by atomic mass is 10.2. The first-order chi connectivity index (χ1) is 13.0. The van der Waals surface area contributed by atoms with Crippen molar-refractivity contribution in [3.8, 4) is 11.5 Å². The van der Waals surface area contributed by atoms with E-state index in [1.807, 2.05) is 49.4 Å². The van der Waals surface area contributed by atoms with Crippen LogP contribution in [-0.2, 0) is 4.79 Å². The molecule has 0 saturated carbocycles. The van der Waals surface area contributed by atoms with Crippen molar-refractivity contribution in [1.29, 1.82) is 0 Å². The number of anilines is 2. The summed E-state index contributed by atoms with van der Waals surface area (Å²) in [5.74, 6) is 0.980. The van der Waals surface area contributed by atoms with Gasteiger partial charge in [0.25, 0.3) is 5.91 Å². The molecule has 1 aliphatic rings. The summed E-state index contributed by atoms with van der Waals surface area (Å²) in [5.41, 5.74) is 3.02. The fraction of sp³-hybridized carbons (Fsp3) is 0.381. The van der Waals surface area contributed by atoms with Crippen molar-refractivity contribution in [3.63, 3.8) is 0 Å². The summed E-state index contributed by atoms with van der Waals surface area (Å²) in [6, 6.07) is 13.6. The number of aryl methyl sites for hydroxylation is 1. The van der Waals surface area contributed by atoms with Gasteiger partial charge in [0, 0.05) is 37.6 Å². The quantitative estimate of drug-likeness (QED) is 0.849. The Balaban J connectivity index is 1.52. The monoisotopic (exact) mass is 369 g/mol. The number of hydrogen-bond acceptors (Lipinski definition) is 5. The zero-order valence-corrected chi connectivity index (χ0v) is 16.2. The molecule has 1 saturated heterocycles. The van der Waals surface area contributed by atoms with Gasteiger partial charge in [-0.05, 0) is 55.9 Å². The summed E-state index contributed by atoms with van der Waals surface area (Å²) >= 11 is 0. The average molecular weight is 369 g/mol. The average Bonchev–Trinajstić information content (AvgIpc) is 2.68. The van der Waals surface area contributed by atoms with Gasteiger partial charge in [0.15, 0.2) is 18.1 Å². The highest BCUT2D eigenvalue weighted by Crippen LogP contribution is 2.27. The van der Waals surface area contributed by atoms with Crippen LogP contribution in [0.4, 0.5) is 11.4 Å². The van der Waals surface area contributed by atoms with Crippen LogP contribution in [0.3, 0.4) is 0 Å². The molecule has 0 unspecified atom stereocenters. The van der Waals surface area contributed by atoms with Gasteiger partial charge in [-0.15, -0.1) is 0 Å². The number of carbonyl (C=O) groups is 1. The minimum Gasteiger partial charge on any atom is -0.493 e. The molecule has 0 spiro atoms. The van der Waals surface area contributed by atoms with Crippen LogP contribution in [0.25, 0.3) is 0 Å². The molecule has 0 bridgehead atoms. The predicted octanol–water partition coefficient (Wildman–Crippen LogP) is 2.77. The Kier molecular flexibility index (Phi) is 6.19. The summed E-state index contributed by atoms with van der Waals surface area (Å²) in [6.07, 6.45) is 0. The molecule has 0 radical (unpaired) electrons. The van der Waals surface area contributed by atoms with Crippen LogP contribution in [0.5, 0.6) is 11.5 Å². The van der Waals surface area contributed by atoms with Crippen molar-refractivity contribution >= 4 is 17.3 Å². The summed E-state index contributed by atoms with van der Waals surface area (Å²) in [4.78, 5) is 16.9. The van der Waals surface area contributed by atoms with Gasteiger partial charge >= 0.3 is 0 Å². The third-order valence-electron chi connectivity index (χ3n) is 4.70. The predicted molar refractivity (Wildman–Crippen MR) is 108 cm³/mol. The maximum absolute atomic E-state index is 12.2. The highest BCUT2D eigenvalue weighted by Gasteiger charge is 2.14. The second-order valence-corrected chi connectivity index (χ2v) is 6.83. The normalized spacial score (nSPS) is 14.7. The number of nitrogens with one attached hydrogen (secondary N) is 1. The SMILES string of the molecule is COc1cc(C)ccc1OCC(=O)Nc1ccc(N2CCN(C)CC2)cc1. The minimum atomic E-state index is -0.204. The van der Waals surface area contributed by atoms with E-state index in [0.29, 0.717) is 11.5 Å². The molecule has 27 heavy (non-hydrogen) atoms. The molecule has 2 aromatic carbocycles. The first kappa shape index (κ1) is 19.0. The van der Waals surface area contributed by atoms with Gasteiger partial charge in [0.2, 0.25) is 0 Å². The third kappa shape index (κ3) is 5.14. The third-order valence-corrected chi connectivity index (χ3v) is 4.70. The summed E-state index contributed by atoms with van der Waals surface area (Å²) in [5, 5.41) is 2.87. The van der Waals surface area contributed by atoms with Crippen molar-refractivity contribution in [3.05, 3.63) is 48.0 Å². The van der Waals surface area contributed by atoms with Crippen LogP contribution in [-0.4, -0.2) is 57.8 Å². The Bertz CT molecular complexity index is 769. The maximum atomic E-state index is 12.2. The first-order valence-electron chi connectivity index (χ1n) is 9.16. The molecule has 1 N–H and O–H groups in total. The van der Waals surface area contributed by atoms with Crippen LogP contribution >= 0.6 is 0 Å². The fourth-order valence-corrected chi connectivity index (χ4v) is 3.05. The standard InChI is InChI=1S/C21H27N3O3/c1-16-4-9-19(20(14-16)26-3)27-15-21(25)22-17-5-7-18(8-6-17)24-12-10-23(2)11-13-24/h4-9,14H,10-13,15H2,1-3H3,(H,22,25). The van der Waals surface area contributed by atoms with Gasteiger partial charge in [-0.1, -0.05) is 6.07 Å². The van der Waals surface area contributed by atoms with Crippen LogP contribution in [0.15, 0.2) is 42.5 Å². The zero-order valence-electron chi connectivity index (χ0n) is 16.2. The number of hydrogen-bond donors (Lipinski definition) is 1. The number of carbonyl (C=O) groups excluding carboxylic acids is 1. The van der Waals surface area contributed by atoms with Gasteiger partial charge in [-0.2, -0.15) is 0 Å². The van der Waals surface area contributed by atoms with E-state index in [0.717, 1.165) is 37.4 Å². The molecule has 1 amide bonds. The van der Waals surface area contributed by atoms with E-state index in [2.05, 4.69) is 22.2 Å². The Morgan fingerprint density at radius 3 is 2.41 bits per heavy atom. The summed E-state index contributed by atoms with van der Waals surface area (Å²) < 4.78 is 10.9. The number of ether oxygens (including phenoxy) is 2. The molecule has 6 nitrogen and oxygen atoms in total. The number of methoxy groups -OCH3 is 1. The molecule has 6 heteroatoms. The largest absolute Gasteiger partial charge is 0.493 e. The zero-order chi connectivity index (χ0) is 19.2. The van der Waals surface area contributed by atoms with Crippen molar-refractivity contribution in [2.45, 2.75) is 6.92 Å². The minimum absolute atomic E-state index is 0.0698. The van der Waals surface area contributed by atoms with Crippen LogP contribution < -0.4 is 19.7 Å². The van der Waals surface area contributed by atoms with E-state index >= 15 is 0 Å². The Morgan fingerprint density at radius 1 is 1.04 bits per heavy atom.